The average molecular weight is 225 g/mol. The topological polar surface area (TPSA) is 35.2 Å². The standard InChI is InChI=1S/C14H16BNO/c16-12-11-15(13-7-3-1-4-8-13)17-14-9-5-2-6-10-14/h1-10H,11-12,16H2. The number of hydrogen-bond donors (Lipinski definition) is 1. The van der Waals surface area contributed by atoms with Gasteiger partial charge in [-0.3, -0.25) is 0 Å². The third-order valence-electron chi connectivity index (χ3n) is 2.62. The molecule has 0 bridgehead atoms. The van der Waals surface area contributed by atoms with E-state index in [0.717, 1.165) is 12.1 Å². The minimum Gasteiger partial charge on any atom is -0.556 e. The highest BCUT2D eigenvalue weighted by Gasteiger charge is 2.19. The minimum atomic E-state index is 0.0311. The molecule has 0 radical (unpaired) electrons. The van der Waals surface area contributed by atoms with Crippen LogP contribution in [0.2, 0.25) is 6.32 Å². The monoisotopic (exact) mass is 225 g/mol. The molecule has 0 atom stereocenters. The maximum atomic E-state index is 5.96. The SMILES string of the molecule is NCCB(Oc1ccccc1)c1ccccc1. The first-order valence-corrected chi connectivity index (χ1v) is 5.87. The number of para-hydroxylation sites is 1. The Hall–Kier alpha value is -1.74. The van der Waals surface area contributed by atoms with Crippen molar-refractivity contribution in [2.24, 2.45) is 5.73 Å². The lowest BCUT2D eigenvalue weighted by atomic mass is 9.58. The highest BCUT2D eigenvalue weighted by Crippen LogP contribution is 2.11. The molecule has 2 nitrogen and oxygen atoms in total. The Balaban J connectivity index is 2.13. The Kier molecular flexibility index (Phi) is 4.22. The second-order valence-corrected chi connectivity index (χ2v) is 3.91. The molecule has 3 heteroatoms. The van der Waals surface area contributed by atoms with E-state index in [9.17, 15) is 0 Å². The van der Waals surface area contributed by atoms with E-state index in [0.29, 0.717) is 6.54 Å². The van der Waals surface area contributed by atoms with Crippen LogP contribution in [0.3, 0.4) is 0 Å². The molecule has 0 saturated carbocycles. The first kappa shape index (κ1) is 11.7. The Labute approximate surface area is 103 Å². The summed E-state index contributed by atoms with van der Waals surface area (Å²) in [7, 11) is 0. The van der Waals surface area contributed by atoms with Gasteiger partial charge in [0, 0.05) is 0 Å². The lowest BCUT2D eigenvalue weighted by molar-refractivity contribution is 0.577. The van der Waals surface area contributed by atoms with Gasteiger partial charge in [-0.1, -0.05) is 48.5 Å². The van der Waals surface area contributed by atoms with E-state index in [1.54, 1.807) is 0 Å². The Bertz CT molecular complexity index is 432. The van der Waals surface area contributed by atoms with Gasteiger partial charge in [0.1, 0.15) is 0 Å². The molecule has 0 fully saturated rings. The van der Waals surface area contributed by atoms with Crippen molar-refractivity contribution in [3.63, 3.8) is 0 Å². The number of rotatable bonds is 5. The van der Waals surface area contributed by atoms with Crippen molar-refractivity contribution in [3.05, 3.63) is 60.7 Å². The zero-order chi connectivity index (χ0) is 11.9. The molecule has 2 N–H and O–H groups in total. The van der Waals surface area contributed by atoms with Crippen LogP contribution in [0.4, 0.5) is 0 Å². The molecule has 2 aromatic rings. The van der Waals surface area contributed by atoms with E-state index in [-0.39, 0.29) is 6.92 Å². The number of hydrogen-bond acceptors (Lipinski definition) is 2. The van der Waals surface area contributed by atoms with Gasteiger partial charge in [0.25, 0.3) is 0 Å². The molecule has 17 heavy (non-hydrogen) atoms. The van der Waals surface area contributed by atoms with Crippen LogP contribution in [0, 0.1) is 0 Å². The van der Waals surface area contributed by atoms with Gasteiger partial charge in [0.15, 0.2) is 0 Å². The van der Waals surface area contributed by atoms with E-state index < -0.39 is 0 Å². The van der Waals surface area contributed by atoms with Crippen LogP contribution in [0.15, 0.2) is 60.7 Å². The fourth-order valence-electron chi connectivity index (χ4n) is 1.78. The highest BCUT2D eigenvalue weighted by molar-refractivity contribution is 6.68. The van der Waals surface area contributed by atoms with E-state index in [2.05, 4.69) is 12.1 Å². The van der Waals surface area contributed by atoms with Gasteiger partial charge >= 0.3 is 6.92 Å². The van der Waals surface area contributed by atoms with Crippen molar-refractivity contribution in [1.82, 2.24) is 0 Å². The molecule has 2 rings (SSSR count). The molecule has 0 spiro atoms. The molecule has 0 unspecified atom stereocenters. The van der Waals surface area contributed by atoms with Gasteiger partial charge < -0.3 is 10.4 Å². The summed E-state index contributed by atoms with van der Waals surface area (Å²) in [6.45, 7) is 0.649. The smallest absolute Gasteiger partial charge is 0.392 e. The molecular weight excluding hydrogens is 209 g/mol. The summed E-state index contributed by atoms with van der Waals surface area (Å²) in [4.78, 5) is 0. The largest absolute Gasteiger partial charge is 0.556 e. The second kappa shape index (κ2) is 6.11. The maximum Gasteiger partial charge on any atom is 0.392 e. The number of benzene rings is 2. The molecule has 0 saturated heterocycles. The molecule has 86 valence electrons. The molecule has 0 aliphatic rings. The minimum absolute atomic E-state index is 0.0311. The maximum absolute atomic E-state index is 5.96. The van der Waals surface area contributed by atoms with Gasteiger partial charge in [-0.05, 0) is 30.5 Å². The third-order valence-corrected chi connectivity index (χ3v) is 2.62. The predicted octanol–water partition coefficient (Wildman–Crippen LogP) is 1.92. The van der Waals surface area contributed by atoms with Crippen molar-refractivity contribution in [3.8, 4) is 5.75 Å². The van der Waals surface area contributed by atoms with Crippen molar-refractivity contribution in [2.45, 2.75) is 6.32 Å². The van der Waals surface area contributed by atoms with Gasteiger partial charge in [-0.25, -0.2) is 0 Å². The summed E-state index contributed by atoms with van der Waals surface area (Å²) >= 11 is 0. The quantitative estimate of drug-likeness (QED) is 0.789. The van der Waals surface area contributed by atoms with Crippen LogP contribution in [0.1, 0.15) is 0 Å². The first-order chi connectivity index (χ1) is 8.40. The summed E-state index contributed by atoms with van der Waals surface area (Å²) < 4.78 is 5.96. The second-order valence-electron chi connectivity index (χ2n) is 3.91. The Morgan fingerprint density at radius 1 is 0.882 bits per heavy atom. The fourth-order valence-corrected chi connectivity index (χ4v) is 1.78. The van der Waals surface area contributed by atoms with Gasteiger partial charge in [0.05, 0.1) is 5.75 Å². The van der Waals surface area contributed by atoms with Crippen molar-refractivity contribution in [2.75, 3.05) is 6.54 Å². The molecule has 2 aromatic carbocycles. The summed E-state index contributed by atoms with van der Waals surface area (Å²) in [6.07, 6.45) is 0.818. The van der Waals surface area contributed by atoms with Gasteiger partial charge in [-0.2, -0.15) is 0 Å². The van der Waals surface area contributed by atoms with E-state index in [1.807, 2.05) is 48.5 Å². The molecule has 0 heterocycles. The lowest BCUT2D eigenvalue weighted by Gasteiger charge is -2.15. The zero-order valence-corrected chi connectivity index (χ0v) is 9.75. The van der Waals surface area contributed by atoms with Crippen molar-refractivity contribution < 1.29 is 4.65 Å². The van der Waals surface area contributed by atoms with Crippen LogP contribution in [-0.4, -0.2) is 13.5 Å². The van der Waals surface area contributed by atoms with Crippen LogP contribution < -0.4 is 15.9 Å². The van der Waals surface area contributed by atoms with Gasteiger partial charge in [0.2, 0.25) is 0 Å². The highest BCUT2D eigenvalue weighted by atomic mass is 16.4. The molecule has 0 aliphatic heterocycles. The van der Waals surface area contributed by atoms with Crippen LogP contribution >= 0.6 is 0 Å². The zero-order valence-electron chi connectivity index (χ0n) is 9.75. The average Bonchev–Trinajstić information content (AvgIpc) is 2.40. The van der Waals surface area contributed by atoms with Gasteiger partial charge in [-0.15, -0.1) is 0 Å². The molecule has 0 aliphatic carbocycles. The predicted molar refractivity (Wildman–Crippen MR) is 72.8 cm³/mol. The van der Waals surface area contributed by atoms with E-state index in [4.69, 9.17) is 10.4 Å². The number of nitrogens with two attached hydrogens (primary N) is 1. The molecule has 0 amide bonds. The summed E-state index contributed by atoms with van der Waals surface area (Å²) in [5.74, 6) is 0.884. The molecular formula is C14H16BNO. The normalized spacial score (nSPS) is 9.94. The van der Waals surface area contributed by atoms with Crippen LogP contribution in [-0.2, 0) is 0 Å². The summed E-state index contributed by atoms with van der Waals surface area (Å²) in [5, 5.41) is 0. The summed E-state index contributed by atoms with van der Waals surface area (Å²) in [6, 6.07) is 20.0. The van der Waals surface area contributed by atoms with E-state index in [1.165, 1.54) is 5.46 Å². The van der Waals surface area contributed by atoms with Crippen molar-refractivity contribution >= 4 is 12.4 Å². The fraction of sp³-hybridized carbons (Fsp3) is 0.143. The van der Waals surface area contributed by atoms with E-state index >= 15 is 0 Å². The van der Waals surface area contributed by atoms with Crippen LogP contribution in [0.5, 0.6) is 5.75 Å². The van der Waals surface area contributed by atoms with Crippen molar-refractivity contribution in [1.29, 1.82) is 0 Å². The third kappa shape index (κ3) is 3.36. The Morgan fingerprint density at radius 3 is 2.06 bits per heavy atom. The lowest BCUT2D eigenvalue weighted by Crippen LogP contribution is -2.38. The summed E-state index contributed by atoms with van der Waals surface area (Å²) in [5.41, 5.74) is 6.81. The molecule has 0 aromatic heterocycles. The first-order valence-electron chi connectivity index (χ1n) is 5.87. The Morgan fingerprint density at radius 2 is 1.47 bits per heavy atom. The van der Waals surface area contributed by atoms with Crippen LogP contribution in [0.25, 0.3) is 0 Å².